The summed E-state index contributed by atoms with van der Waals surface area (Å²) in [6, 6.07) is 15.8. The van der Waals surface area contributed by atoms with Gasteiger partial charge in [0.1, 0.15) is 0 Å². The molecule has 0 heterocycles. The number of nitrogens with one attached hydrogen (secondary N) is 2. The maximum Gasteiger partial charge on any atom is 0.338 e. The second-order valence-electron chi connectivity index (χ2n) is 6.11. The van der Waals surface area contributed by atoms with Gasteiger partial charge < -0.3 is 15.4 Å². The molecule has 0 fully saturated rings. The Hall–Kier alpha value is -2.40. The van der Waals surface area contributed by atoms with Gasteiger partial charge in [0.15, 0.2) is 5.11 Å². The monoisotopic (exact) mass is 370 g/mol. The minimum Gasteiger partial charge on any atom is -0.462 e. The fraction of sp³-hybridized carbons (Fsp3) is 0.333. The van der Waals surface area contributed by atoms with Gasteiger partial charge in [0.05, 0.1) is 18.2 Å². The van der Waals surface area contributed by atoms with Gasteiger partial charge in [-0.15, -0.1) is 0 Å². The number of benzene rings is 2. The van der Waals surface area contributed by atoms with Crippen molar-refractivity contribution in [2.75, 3.05) is 11.9 Å². The van der Waals surface area contributed by atoms with E-state index in [0.29, 0.717) is 17.3 Å². The van der Waals surface area contributed by atoms with Crippen molar-refractivity contribution in [3.8, 4) is 0 Å². The third kappa shape index (κ3) is 5.85. The van der Waals surface area contributed by atoms with E-state index in [2.05, 4.69) is 48.7 Å². The summed E-state index contributed by atoms with van der Waals surface area (Å²) in [4.78, 5) is 11.7. The number of carbonyl (C=O) groups is 1. The van der Waals surface area contributed by atoms with E-state index >= 15 is 0 Å². The predicted octanol–water partition coefficient (Wildman–Crippen LogP) is 4.86. The maximum absolute atomic E-state index is 11.7. The molecule has 0 aliphatic rings. The van der Waals surface area contributed by atoms with E-state index in [9.17, 15) is 4.79 Å². The molecule has 26 heavy (non-hydrogen) atoms. The van der Waals surface area contributed by atoms with Crippen LogP contribution in [-0.4, -0.2) is 17.7 Å². The molecule has 1 unspecified atom stereocenters. The van der Waals surface area contributed by atoms with Crippen molar-refractivity contribution in [2.24, 2.45) is 0 Å². The lowest BCUT2D eigenvalue weighted by Crippen LogP contribution is -2.30. The quantitative estimate of drug-likeness (QED) is 0.538. The lowest BCUT2D eigenvalue weighted by molar-refractivity contribution is 0.0526. The van der Waals surface area contributed by atoms with Crippen LogP contribution >= 0.6 is 12.2 Å². The summed E-state index contributed by atoms with van der Waals surface area (Å²) in [6.45, 7) is 6.41. The SMILES string of the molecule is CCCc1ccc(C(C)NC(=S)Nc2ccc(C(=O)OCC)cc2)cc1. The lowest BCUT2D eigenvalue weighted by Gasteiger charge is -2.18. The number of rotatable bonds is 7. The number of carbonyl (C=O) groups excluding carboxylic acids is 1. The molecule has 4 nitrogen and oxygen atoms in total. The van der Waals surface area contributed by atoms with Crippen LogP contribution in [0.2, 0.25) is 0 Å². The molecule has 2 N–H and O–H groups in total. The summed E-state index contributed by atoms with van der Waals surface area (Å²) < 4.78 is 4.98. The van der Waals surface area contributed by atoms with Crippen molar-refractivity contribution >= 4 is 29.0 Å². The Kier molecular flexibility index (Phi) is 7.60. The van der Waals surface area contributed by atoms with Crippen molar-refractivity contribution in [1.82, 2.24) is 5.32 Å². The third-order valence-electron chi connectivity index (χ3n) is 4.02. The average molecular weight is 371 g/mol. The molecule has 0 amide bonds. The minimum atomic E-state index is -0.320. The first kappa shape index (κ1) is 19.9. The first-order valence-electron chi connectivity index (χ1n) is 8.97. The van der Waals surface area contributed by atoms with Gasteiger partial charge in [0, 0.05) is 5.69 Å². The predicted molar refractivity (Wildman–Crippen MR) is 111 cm³/mol. The zero-order chi connectivity index (χ0) is 18.9. The second kappa shape index (κ2) is 9.92. The van der Waals surface area contributed by atoms with Gasteiger partial charge in [-0.1, -0.05) is 37.6 Å². The molecule has 0 aliphatic heterocycles. The molecule has 2 aromatic carbocycles. The smallest absolute Gasteiger partial charge is 0.338 e. The topological polar surface area (TPSA) is 50.4 Å². The van der Waals surface area contributed by atoms with Gasteiger partial charge in [0.2, 0.25) is 0 Å². The van der Waals surface area contributed by atoms with E-state index in [4.69, 9.17) is 17.0 Å². The number of hydrogen-bond acceptors (Lipinski definition) is 3. The molecule has 2 rings (SSSR count). The molecule has 0 radical (unpaired) electrons. The maximum atomic E-state index is 11.7. The number of esters is 1. The zero-order valence-corrected chi connectivity index (χ0v) is 16.4. The van der Waals surface area contributed by atoms with E-state index in [1.54, 1.807) is 19.1 Å². The Morgan fingerprint density at radius 2 is 1.73 bits per heavy atom. The molecule has 0 spiro atoms. The van der Waals surface area contributed by atoms with E-state index in [1.807, 2.05) is 12.1 Å². The van der Waals surface area contributed by atoms with Crippen molar-refractivity contribution < 1.29 is 9.53 Å². The van der Waals surface area contributed by atoms with E-state index in [-0.39, 0.29) is 12.0 Å². The fourth-order valence-corrected chi connectivity index (χ4v) is 2.91. The summed E-state index contributed by atoms with van der Waals surface area (Å²) in [5.74, 6) is -0.320. The largest absolute Gasteiger partial charge is 0.462 e. The molecular formula is C21H26N2O2S. The van der Waals surface area contributed by atoms with Crippen LogP contribution in [0.1, 0.15) is 54.7 Å². The van der Waals surface area contributed by atoms with Gasteiger partial charge in [-0.3, -0.25) is 0 Å². The second-order valence-corrected chi connectivity index (χ2v) is 6.52. The third-order valence-corrected chi connectivity index (χ3v) is 4.24. The molecule has 5 heteroatoms. The molecule has 0 bridgehead atoms. The summed E-state index contributed by atoms with van der Waals surface area (Å²) >= 11 is 5.39. The summed E-state index contributed by atoms with van der Waals surface area (Å²) in [5, 5.41) is 6.96. The highest BCUT2D eigenvalue weighted by atomic mass is 32.1. The number of thiocarbonyl (C=S) groups is 1. The summed E-state index contributed by atoms with van der Waals surface area (Å²) in [7, 11) is 0. The van der Waals surface area contributed by atoms with E-state index < -0.39 is 0 Å². The van der Waals surface area contributed by atoms with Crippen molar-refractivity contribution in [3.05, 3.63) is 65.2 Å². The number of aryl methyl sites for hydroxylation is 1. The highest BCUT2D eigenvalue weighted by molar-refractivity contribution is 7.80. The first-order chi connectivity index (χ1) is 12.5. The molecule has 0 saturated heterocycles. The van der Waals surface area contributed by atoms with Crippen LogP contribution in [0.15, 0.2) is 48.5 Å². The van der Waals surface area contributed by atoms with Crippen molar-refractivity contribution in [1.29, 1.82) is 0 Å². The lowest BCUT2D eigenvalue weighted by atomic mass is 10.0. The van der Waals surface area contributed by atoms with E-state index in [0.717, 1.165) is 18.5 Å². The molecule has 0 saturated carbocycles. The molecule has 138 valence electrons. The van der Waals surface area contributed by atoms with Crippen LogP contribution in [0, 0.1) is 0 Å². The number of ether oxygens (including phenoxy) is 1. The average Bonchev–Trinajstić information content (AvgIpc) is 2.63. The Bertz CT molecular complexity index is 727. The Labute approximate surface area is 161 Å². The summed E-state index contributed by atoms with van der Waals surface area (Å²) in [6.07, 6.45) is 2.25. The molecule has 0 aliphatic carbocycles. The van der Waals surface area contributed by atoms with Gasteiger partial charge in [-0.25, -0.2) is 4.79 Å². The van der Waals surface area contributed by atoms with Crippen LogP contribution < -0.4 is 10.6 Å². The van der Waals surface area contributed by atoms with Crippen LogP contribution in [0.3, 0.4) is 0 Å². The highest BCUT2D eigenvalue weighted by Gasteiger charge is 2.09. The Morgan fingerprint density at radius 3 is 2.31 bits per heavy atom. The molecule has 1 atom stereocenters. The molecular weight excluding hydrogens is 344 g/mol. The van der Waals surface area contributed by atoms with E-state index in [1.165, 1.54) is 11.1 Å². The van der Waals surface area contributed by atoms with Crippen molar-refractivity contribution in [2.45, 2.75) is 39.7 Å². The standard InChI is InChI=1S/C21H26N2O2S/c1-4-6-16-7-9-17(10-8-16)15(3)22-21(26)23-19-13-11-18(12-14-19)20(24)25-5-2/h7-15H,4-6H2,1-3H3,(H2,22,23,26). The van der Waals surface area contributed by atoms with Crippen LogP contribution in [0.4, 0.5) is 5.69 Å². The fourth-order valence-electron chi connectivity index (χ4n) is 2.61. The number of anilines is 1. The molecule has 2 aromatic rings. The minimum absolute atomic E-state index is 0.101. The summed E-state index contributed by atoms with van der Waals surface area (Å²) in [5.41, 5.74) is 3.88. The van der Waals surface area contributed by atoms with Crippen LogP contribution in [0.25, 0.3) is 0 Å². The van der Waals surface area contributed by atoms with Gasteiger partial charge in [-0.05, 0) is 67.9 Å². The molecule has 0 aromatic heterocycles. The first-order valence-corrected chi connectivity index (χ1v) is 9.37. The Morgan fingerprint density at radius 1 is 1.08 bits per heavy atom. The number of hydrogen-bond donors (Lipinski definition) is 2. The zero-order valence-electron chi connectivity index (χ0n) is 15.5. The van der Waals surface area contributed by atoms with Gasteiger partial charge in [-0.2, -0.15) is 0 Å². The van der Waals surface area contributed by atoms with Crippen molar-refractivity contribution in [3.63, 3.8) is 0 Å². The Balaban J connectivity index is 1.90. The highest BCUT2D eigenvalue weighted by Crippen LogP contribution is 2.15. The van der Waals surface area contributed by atoms with Gasteiger partial charge >= 0.3 is 5.97 Å². The van der Waals surface area contributed by atoms with Crippen LogP contribution in [0.5, 0.6) is 0 Å². The van der Waals surface area contributed by atoms with Crippen LogP contribution in [-0.2, 0) is 11.2 Å². The van der Waals surface area contributed by atoms with Gasteiger partial charge in [0.25, 0.3) is 0 Å². The normalized spacial score (nSPS) is 11.5.